The third-order valence-electron chi connectivity index (χ3n) is 2.35. The molecule has 1 N–H and O–H groups in total. The van der Waals surface area contributed by atoms with Crippen LogP contribution in [-0.4, -0.2) is 17.5 Å². The van der Waals surface area contributed by atoms with Crippen LogP contribution >= 0.6 is 11.8 Å². The molecule has 1 saturated heterocycles. The van der Waals surface area contributed by atoms with Crippen LogP contribution in [0.15, 0.2) is 24.3 Å². The molecule has 1 atom stereocenters. The molecule has 0 bridgehead atoms. The summed E-state index contributed by atoms with van der Waals surface area (Å²) in [6.45, 7) is 2.12. The average Bonchev–Trinajstić information content (AvgIpc) is 2.62. The third kappa shape index (κ3) is 2.41. The molecule has 1 nitrogen and oxygen atoms in total. The molecule has 0 unspecified atom stereocenters. The minimum Gasteiger partial charge on any atom is -0.381 e. The van der Waals surface area contributed by atoms with Crippen LogP contribution in [0.25, 0.3) is 0 Å². The molecule has 70 valence electrons. The van der Waals surface area contributed by atoms with Gasteiger partial charge in [-0.3, -0.25) is 0 Å². The lowest BCUT2D eigenvalue weighted by molar-refractivity contribution is 0.813. The molecule has 0 aromatic heterocycles. The lowest BCUT2D eigenvalue weighted by atomic mass is 10.2. The molecule has 0 amide bonds. The first-order valence-electron chi connectivity index (χ1n) is 4.75. The Morgan fingerprint density at radius 3 is 2.69 bits per heavy atom. The van der Waals surface area contributed by atoms with Gasteiger partial charge < -0.3 is 5.32 Å². The van der Waals surface area contributed by atoms with Gasteiger partial charge in [0, 0.05) is 17.5 Å². The lowest BCUT2D eigenvalue weighted by Crippen LogP contribution is -2.17. The van der Waals surface area contributed by atoms with Crippen molar-refractivity contribution in [3.05, 3.63) is 29.8 Å². The van der Waals surface area contributed by atoms with E-state index in [0.717, 1.165) is 0 Å². The van der Waals surface area contributed by atoms with Crippen LogP contribution in [0.3, 0.4) is 0 Å². The van der Waals surface area contributed by atoms with Gasteiger partial charge in [0.15, 0.2) is 0 Å². The fraction of sp³-hybridized carbons (Fsp3) is 0.455. The quantitative estimate of drug-likeness (QED) is 0.775. The number of aryl methyl sites for hydroxylation is 1. The Hall–Kier alpha value is -0.630. The first-order chi connectivity index (χ1) is 6.34. The van der Waals surface area contributed by atoms with Gasteiger partial charge in [0.1, 0.15) is 0 Å². The normalized spacial score (nSPS) is 21.8. The molecule has 1 fully saturated rings. The van der Waals surface area contributed by atoms with E-state index in [2.05, 4.69) is 36.5 Å². The van der Waals surface area contributed by atoms with Crippen molar-refractivity contribution in [1.82, 2.24) is 0 Å². The van der Waals surface area contributed by atoms with E-state index in [0.29, 0.717) is 6.04 Å². The molecule has 1 heterocycles. The summed E-state index contributed by atoms with van der Waals surface area (Å²) in [5, 5.41) is 3.55. The van der Waals surface area contributed by atoms with Crippen LogP contribution in [0.1, 0.15) is 12.0 Å². The highest BCUT2D eigenvalue weighted by Gasteiger charge is 2.14. The maximum atomic E-state index is 3.55. The number of hydrogen-bond donors (Lipinski definition) is 1. The van der Waals surface area contributed by atoms with Gasteiger partial charge in [-0.1, -0.05) is 17.7 Å². The summed E-state index contributed by atoms with van der Waals surface area (Å²) in [7, 11) is 0. The molecule has 0 radical (unpaired) electrons. The third-order valence-corrected chi connectivity index (χ3v) is 3.51. The second-order valence-electron chi connectivity index (χ2n) is 3.57. The smallest absolute Gasteiger partial charge is 0.0359 e. The minimum absolute atomic E-state index is 0.688. The van der Waals surface area contributed by atoms with Crippen LogP contribution in [-0.2, 0) is 0 Å². The Balaban J connectivity index is 1.97. The Kier molecular flexibility index (Phi) is 2.79. The molecule has 2 rings (SSSR count). The van der Waals surface area contributed by atoms with Crippen LogP contribution in [0.4, 0.5) is 5.69 Å². The van der Waals surface area contributed by atoms with Crippen molar-refractivity contribution in [2.75, 3.05) is 16.8 Å². The van der Waals surface area contributed by atoms with Gasteiger partial charge >= 0.3 is 0 Å². The van der Waals surface area contributed by atoms with Gasteiger partial charge in [0.05, 0.1) is 0 Å². The molecule has 1 aromatic rings. The zero-order valence-electron chi connectivity index (χ0n) is 7.92. The molecule has 2 heteroatoms. The van der Waals surface area contributed by atoms with Crippen LogP contribution < -0.4 is 5.32 Å². The summed E-state index contributed by atoms with van der Waals surface area (Å²) < 4.78 is 0. The van der Waals surface area contributed by atoms with Gasteiger partial charge in [-0.25, -0.2) is 0 Å². The Morgan fingerprint density at radius 2 is 2.08 bits per heavy atom. The highest BCUT2D eigenvalue weighted by molar-refractivity contribution is 7.99. The predicted molar refractivity (Wildman–Crippen MR) is 60.5 cm³/mol. The standard InChI is InChI=1S/C11H15NS/c1-9-2-4-10(5-3-9)12-11-6-7-13-8-11/h2-5,11-12H,6-8H2,1H3/t11-/m0/s1. The molecule has 13 heavy (non-hydrogen) atoms. The monoisotopic (exact) mass is 193 g/mol. The number of benzene rings is 1. The fourth-order valence-electron chi connectivity index (χ4n) is 1.53. The van der Waals surface area contributed by atoms with E-state index in [4.69, 9.17) is 0 Å². The fourth-order valence-corrected chi connectivity index (χ4v) is 2.69. The number of thioether (sulfide) groups is 1. The van der Waals surface area contributed by atoms with Crippen LogP contribution in [0, 0.1) is 6.92 Å². The molecule has 1 aliphatic rings. The maximum absolute atomic E-state index is 3.55. The zero-order chi connectivity index (χ0) is 9.10. The average molecular weight is 193 g/mol. The molecule has 1 aromatic carbocycles. The first kappa shape index (κ1) is 8.95. The molecule has 1 aliphatic heterocycles. The second kappa shape index (κ2) is 4.05. The Labute approximate surface area is 83.9 Å². The minimum atomic E-state index is 0.688. The highest BCUT2D eigenvalue weighted by atomic mass is 32.2. The van der Waals surface area contributed by atoms with Crippen molar-refractivity contribution in [2.24, 2.45) is 0 Å². The predicted octanol–water partition coefficient (Wildman–Crippen LogP) is 2.91. The van der Waals surface area contributed by atoms with Crippen molar-refractivity contribution >= 4 is 17.4 Å². The van der Waals surface area contributed by atoms with E-state index < -0.39 is 0 Å². The Morgan fingerprint density at radius 1 is 1.31 bits per heavy atom. The van der Waals surface area contributed by atoms with E-state index >= 15 is 0 Å². The van der Waals surface area contributed by atoms with E-state index in [1.807, 2.05) is 11.8 Å². The highest BCUT2D eigenvalue weighted by Crippen LogP contribution is 2.21. The van der Waals surface area contributed by atoms with E-state index in [-0.39, 0.29) is 0 Å². The summed E-state index contributed by atoms with van der Waals surface area (Å²) in [6.07, 6.45) is 1.30. The van der Waals surface area contributed by atoms with E-state index in [9.17, 15) is 0 Å². The maximum Gasteiger partial charge on any atom is 0.0359 e. The molecule has 0 saturated carbocycles. The lowest BCUT2D eigenvalue weighted by Gasteiger charge is -2.12. The zero-order valence-corrected chi connectivity index (χ0v) is 8.73. The van der Waals surface area contributed by atoms with Crippen molar-refractivity contribution in [3.8, 4) is 0 Å². The second-order valence-corrected chi connectivity index (χ2v) is 4.72. The van der Waals surface area contributed by atoms with Crippen LogP contribution in [0.5, 0.6) is 0 Å². The SMILES string of the molecule is Cc1ccc(N[C@H]2CCSC2)cc1. The van der Waals surface area contributed by atoms with Crippen molar-refractivity contribution in [2.45, 2.75) is 19.4 Å². The molecule has 0 spiro atoms. The first-order valence-corrected chi connectivity index (χ1v) is 5.91. The van der Waals surface area contributed by atoms with Crippen molar-refractivity contribution < 1.29 is 0 Å². The number of nitrogens with one attached hydrogen (secondary N) is 1. The summed E-state index contributed by atoms with van der Waals surface area (Å²) >= 11 is 2.04. The van der Waals surface area contributed by atoms with Gasteiger partial charge in [-0.05, 0) is 31.2 Å². The van der Waals surface area contributed by atoms with Crippen LogP contribution in [0.2, 0.25) is 0 Å². The van der Waals surface area contributed by atoms with Gasteiger partial charge in [-0.15, -0.1) is 0 Å². The molecular weight excluding hydrogens is 178 g/mol. The van der Waals surface area contributed by atoms with E-state index in [1.165, 1.54) is 29.2 Å². The summed E-state index contributed by atoms with van der Waals surface area (Å²) in [5.41, 5.74) is 2.59. The number of rotatable bonds is 2. The van der Waals surface area contributed by atoms with Gasteiger partial charge in [-0.2, -0.15) is 11.8 Å². The Bertz CT molecular complexity index is 262. The summed E-state index contributed by atoms with van der Waals surface area (Å²) in [5.74, 6) is 2.57. The largest absolute Gasteiger partial charge is 0.381 e. The van der Waals surface area contributed by atoms with E-state index in [1.54, 1.807) is 0 Å². The van der Waals surface area contributed by atoms with Crippen molar-refractivity contribution in [1.29, 1.82) is 0 Å². The summed E-state index contributed by atoms with van der Waals surface area (Å²) in [4.78, 5) is 0. The van der Waals surface area contributed by atoms with Gasteiger partial charge in [0.2, 0.25) is 0 Å². The van der Waals surface area contributed by atoms with Crippen molar-refractivity contribution in [3.63, 3.8) is 0 Å². The van der Waals surface area contributed by atoms with Gasteiger partial charge in [0.25, 0.3) is 0 Å². The number of hydrogen-bond acceptors (Lipinski definition) is 2. The number of anilines is 1. The molecule has 0 aliphatic carbocycles. The molecular formula is C11H15NS. The summed E-state index contributed by atoms with van der Waals surface area (Å²) in [6, 6.07) is 9.33. The topological polar surface area (TPSA) is 12.0 Å².